The van der Waals surface area contributed by atoms with Crippen molar-refractivity contribution in [3.05, 3.63) is 64.9 Å². The zero-order valence-electron chi connectivity index (χ0n) is 18.9. The number of thiazole rings is 1. The van der Waals surface area contributed by atoms with E-state index in [1.807, 2.05) is 10.6 Å². The highest BCUT2D eigenvalue weighted by Gasteiger charge is 2.19. The van der Waals surface area contributed by atoms with Gasteiger partial charge in [0.05, 0.1) is 17.6 Å². The molecule has 0 saturated heterocycles. The lowest BCUT2D eigenvalue weighted by Gasteiger charge is -2.19. The Kier molecular flexibility index (Phi) is 8.72. The third kappa shape index (κ3) is 7.95. The van der Waals surface area contributed by atoms with Crippen LogP contribution >= 0.6 is 11.3 Å². The molecule has 7 N–H and O–H groups in total. The number of pyridine rings is 1. The average Bonchev–Trinajstić information content (AvgIpc) is 3.20. The maximum atomic E-state index is 12.9. The molecule has 0 atom stereocenters. The Morgan fingerprint density at radius 2 is 1.64 bits per heavy atom. The molecule has 0 unspecified atom stereocenters. The molecule has 188 valence electrons. The van der Waals surface area contributed by atoms with Crippen molar-refractivity contribution < 1.29 is 29.4 Å². The molecule has 36 heavy (non-hydrogen) atoms. The van der Waals surface area contributed by atoms with Gasteiger partial charge in [0.2, 0.25) is 5.91 Å². The molecule has 4 amide bonds. The summed E-state index contributed by atoms with van der Waals surface area (Å²) in [4.78, 5) is 54.8. The van der Waals surface area contributed by atoms with E-state index in [9.17, 15) is 19.2 Å². The van der Waals surface area contributed by atoms with Crippen molar-refractivity contribution in [2.24, 2.45) is 0 Å². The van der Waals surface area contributed by atoms with Gasteiger partial charge in [-0.25, -0.2) is 14.6 Å². The van der Waals surface area contributed by atoms with E-state index in [0.717, 1.165) is 16.9 Å². The van der Waals surface area contributed by atoms with Gasteiger partial charge in [0, 0.05) is 18.8 Å². The number of anilines is 3. The second kappa shape index (κ2) is 12.1. The molecule has 0 spiro atoms. The van der Waals surface area contributed by atoms with E-state index in [1.54, 1.807) is 42.6 Å². The molecule has 2 heterocycles. The molecule has 0 aliphatic rings. The molecule has 14 heteroatoms. The van der Waals surface area contributed by atoms with Crippen molar-refractivity contribution in [1.82, 2.24) is 20.6 Å². The number of nitrogens with one attached hydrogen (secondary N) is 5. The third-order valence-electron chi connectivity index (χ3n) is 4.56. The summed E-state index contributed by atoms with van der Waals surface area (Å²) in [7, 11) is 0. The van der Waals surface area contributed by atoms with Crippen molar-refractivity contribution in [2.45, 2.75) is 26.1 Å². The number of benzene rings is 1. The number of carbonyl (C=O) groups excluding carboxylic acids is 2. The summed E-state index contributed by atoms with van der Waals surface area (Å²) in [5, 5.41) is 30.1. The van der Waals surface area contributed by atoms with E-state index < -0.39 is 18.5 Å². The number of nitrogens with zero attached hydrogens (tertiary/aromatic N) is 2. The minimum Gasteiger partial charge on any atom is -0.465 e. The first-order valence-corrected chi connectivity index (χ1v) is 11.3. The van der Waals surface area contributed by atoms with Crippen molar-refractivity contribution in [1.29, 1.82) is 0 Å². The van der Waals surface area contributed by atoms with Crippen LogP contribution in [0.25, 0.3) is 0 Å². The molecular weight excluding hydrogens is 490 g/mol. The topological polar surface area (TPSA) is 195 Å². The van der Waals surface area contributed by atoms with Crippen molar-refractivity contribution in [3.8, 4) is 0 Å². The van der Waals surface area contributed by atoms with Crippen LogP contribution in [0.5, 0.6) is 0 Å². The van der Waals surface area contributed by atoms with Crippen LogP contribution in [-0.4, -0.2) is 50.5 Å². The fourth-order valence-corrected chi connectivity index (χ4v) is 4.03. The molecule has 0 aliphatic heterocycles. The van der Waals surface area contributed by atoms with Crippen LogP contribution in [0.15, 0.2) is 48.8 Å². The molecule has 0 saturated carbocycles. The van der Waals surface area contributed by atoms with E-state index in [0.29, 0.717) is 39.9 Å². The van der Waals surface area contributed by atoms with Gasteiger partial charge < -0.3 is 26.2 Å². The van der Waals surface area contributed by atoms with Crippen LogP contribution in [0, 0.1) is 0 Å². The summed E-state index contributed by atoms with van der Waals surface area (Å²) in [6.45, 7) is 1.36. The van der Waals surface area contributed by atoms with Crippen LogP contribution < -0.4 is 26.6 Å². The quantitative estimate of drug-likeness (QED) is 0.199. The number of aryl methyl sites for hydroxylation is 2. The normalized spacial score (nSPS) is 10.4. The molecular formula is C22H23N7O6S. The number of aromatic nitrogens is 2. The Morgan fingerprint density at radius 3 is 2.22 bits per heavy atom. The minimum absolute atomic E-state index is 0.300. The van der Waals surface area contributed by atoms with Gasteiger partial charge in [-0.05, 0) is 42.7 Å². The van der Waals surface area contributed by atoms with Gasteiger partial charge in [0.15, 0.2) is 11.4 Å². The van der Waals surface area contributed by atoms with Crippen LogP contribution in [0.4, 0.5) is 26.1 Å². The first-order valence-electron chi connectivity index (χ1n) is 10.5. The zero-order valence-corrected chi connectivity index (χ0v) is 19.8. The number of hydrogen-bond acceptors (Lipinski definition) is 8. The highest BCUT2D eigenvalue weighted by molar-refractivity contribution is 7.17. The maximum absolute atomic E-state index is 12.9. The molecule has 3 aromatic rings. The van der Waals surface area contributed by atoms with Crippen LogP contribution in [-0.2, 0) is 17.6 Å². The van der Waals surface area contributed by atoms with Gasteiger partial charge >= 0.3 is 12.2 Å². The smallest absolute Gasteiger partial charge is 0.407 e. The lowest BCUT2D eigenvalue weighted by molar-refractivity contribution is -0.114. The lowest BCUT2D eigenvalue weighted by atomic mass is 10.1. The fraction of sp³-hybridized carbons (Fsp3) is 0.182. The number of amides is 4. The Morgan fingerprint density at radius 1 is 0.944 bits per heavy atom. The summed E-state index contributed by atoms with van der Waals surface area (Å²) in [5.41, 5.74) is 2.41. The van der Waals surface area contributed by atoms with E-state index in [1.165, 1.54) is 13.1 Å². The second-order valence-electron chi connectivity index (χ2n) is 7.35. The molecule has 1 aromatic carbocycles. The average molecular weight is 514 g/mol. The summed E-state index contributed by atoms with van der Waals surface area (Å²) in [5.74, 6) is -0.666. The van der Waals surface area contributed by atoms with Gasteiger partial charge in [-0.1, -0.05) is 23.5 Å². The summed E-state index contributed by atoms with van der Waals surface area (Å²) < 4.78 is 0. The molecule has 3 rings (SSSR count). The van der Waals surface area contributed by atoms with E-state index in [2.05, 4.69) is 25.9 Å². The standard InChI is InChI=1S/C22H23N7O6S/c1-12(30)24-20-27-16(17(36-20)18(31)25-15-3-2-10-23-11-15)9-6-13-4-7-14(8-5-13)26-19(28-21(32)33)29-22(34)35/h2-5,7-8,10-11,19,26,28-29H,6,9H2,1H3,(H,25,31)(H,32,33)(H,34,35)(H,24,27,30). The molecule has 0 aliphatic carbocycles. The molecule has 0 fully saturated rings. The molecule has 13 nitrogen and oxygen atoms in total. The van der Waals surface area contributed by atoms with Crippen molar-refractivity contribution in [2.75, 3.05) is 16.0 Å². The van der Waals surface area contributed by atoms with Gasteiger partial charge in [0.1, 0.15) is 4.88 Å². The first kappa shape index (κ1) is 25.9. The van der Waals surface area contributed by atoms with Crippen LogP contribution in [0.3, 0.4) is 0 Å². The lowest BCUT2D eigenvalue weighted by Crippen LogP contribution is -2.52. The molecule has 0 bridgehead atoms. The van der Waals surface area contributed by atoms with E-state index in [-0.39, 0.29) is 11.8 Å². The van der Waals surface area contributed by atoms with E-state index >= 15 is 0 Å². The number of hydrogen-bond donors (Lipinski definition) is 7. The van der Waals surface area contributed by atoms with E-state index in [4.69, 9.17) is 10.2 Å². The third-order valence-corrected chi connectivity index (χ3v) is 5.57. The fourth-order valence-electron chi connectivity index (χ4n) is 3.08. The summed E-state index contributed by atoms with van der Waals surface area (Å²) in [6, 6.07) is 10.3. The predicted octanol–water partition coefficient (Wildman–Crippen LogP) is 2.76. The number of rotatable bonds is 10. The van der Waals surface area contributed by atoms with Crippen LogP contribution in [0.1, 0.15) is 27.9 Å². The SMILES string of the molecule is CC(=O)Nc1nc(CCc2ccc(NC(NC(=O)O)NC(=O)O)cc2)c(C(=O)Nc2cccnc2)s1. The predicted molar refractivity (Wildman–Crippen MR) is 132 cm³/mol. The van der Waals surface area contributed by atoms with Gasteiger partial charge in [-0.2, -0.15) is 0 Å². The minimum atomic E-state index is -1.40. The Balaban J connectivity index is 1.69. The molecule has 2 aromatic heterocycles. The Hall–Kier alpha value is -4.72. The highest BCUT2D eigenvalue weighted by Crippen LogP contribution is 2.26. The summed E-state index contributed by atoms with van der Waals surface area (Å²) in [6.07, 6.45) is -0.0100. The second-order valence-corrected chi connectivity index (χ2v) is 8.34. The van der Waals surface area contributed by atoms with Crippen molar-refractivity contribution >= 4 is 51.8 Å². The van der Waals surface area contributed by atoms with Gasteiger partial charge in [0.25, 0.3) is 5.91 Å². The number of carboxylic acid groups (broad SMARTS) is 2. The largest absolute Gasteiger partial charge is 0.465 e. The monoisotopic (exact) mass is 513 g/mol. The Labute approximate surface area is 209 Å². The maximum Gasteiger partial charge on any atom is 0.407 e. The Bertz CT molecular complexity index is 1220. The van der Waals surface area contributed by atoms with Crippen molar-refractivity contribution in [3.63, 3.8) is 0 Å². The highest BCUT2D eigenvalue weighted by atomic mass is 32.1. The first-order chi connectivity index (χ1) is 17.2. The van der Waals surface area contributed by atoms with Gasteiger partial charge in [-0.15, -0.1) is 0 Å². The summed E-state index contributed by atoms with van der Waals surface area (Å²) >= 11 is 1.07. The zero-order chi connectivity index (χ0) is 26.1. The molecule has 0 radical (unpaired) electrons. The van der Waals surface area contributed by atoms with Gasteiger partial charge in [-0.3, -0.25) is 25.2 Å². The van der Waals surface area contributed by atoms with Crippen LogP contribution in [0.2, 0.25) is 0 Å². The number of carbonyl (C=O) groups is 4.